The first kappa shape index (κ1) is 12.6. The third kappa shape index (κ3) is 3.93. The number of aryl methyl sites for hydroxylation is 1. The summed E-state index contributed by atoms with van der Waals surface area (Å²) in [5.74, 6) is -0.102. The van der Waals surface area contributed by atoms with Crippen LogP contribution < -0.4 is 5.32 Å². The highest BCUT2D eigenvalue weighted by atomic mass is 32.2. The van der Waals surface area contributed by atoms with Crippen LogP contribution in [0.15, 0.2) is 10.8 Å². The molecule has 6 nitrogen and oxygen atoms in total. The molecule has 0 aliphatic carbocycles. The maximum Gasteiger partial charge on any atom is 0.313 e. The number of amides is 1. The van der Waals surface area contributed by atoms with Gasteiger partial charge in [-0.3, -0.25) is 9.59 Å². The van der Waals surface area contributed by atoms with E-state index >= 15 is 0 Å². The predicted octanol–water partition coefficient (Wildman–Crippen LogP) is 0.531. The minimum Gasteiger partial charge on any atom is -0.481 e. The smallest absolute Gasteiger partial charge is 0.313 e. The van der Waals surface area contributed by atoms with Crippen molar-refractivity contribution in [2.45, 2.75) is 6.92 Å². The van der Waals surface area contributed by atoms with Crippen LogP contribution in [0.25, 0.3) is 0 Å². The molecule has 0 unspecified atom stereocenters. The first-order valence-corrected chi connectivity index (χ1v) is 5.74. The van der Waals surface area contributed by atoms with Crippen LogP contribution in [0.3, 0.4) is 0 Å². The van der Waals surface area contributed by atoms with Gasteiger partial charge in [0.2, 0.25) is 0 Å². The number of hydrogen-bond donors (Lipinski definition) is 2. The Kier molecular flexibility index (Phi) is 4.84. The van der Waals surface area contributed by atoms with Gasteiger partial charge in [0.05, 0.1) is 5.75 Å². The number of hydrogen-bond acceptors (Lipinski definition) is 5. The second kappa shape index (κ2) is 6.16. The minimum absolute atomic E-state index is 0.0405. The number of nitrogens with one attached hydrogen (secondary N) is 1. The number of nitrogens with zero attached hydrogens (tertiary/aromatic N) is 1. The molecule has 7 heteroatoms. The SMILES string of the molecule is Cc1ocnc1C(=O)NCCSCC(=O)O. The molecule has 1 rings (SSSR count). The lowest BCUT2D eigenvalue weighted by atomic mass is 10.3. The van der Waals surface area contributed by atoms with Gasteiger partial charge >= 0.3 is 5.97 Å². The van der Waals surface area contributed by atoms with Crippen LogP contribution >= 0.6 is 11.8 Å². The molecule has 2 N–H and O–H groups in total. The molecule has 1 aromatic heterocycles. The fourth-order valence-corrected chi connectivity index (χ4v) is 1.57. The molecule has 1 amide bonds. The number of oxazole rings is 1. The van der Waals surface area contributed by atoms with Crippen molar-refractivity contribution in [3.05, 3.63) is 17.8 Å². The molecule has 1 aromatic rings. The van der Waals surface area contributed by atoms with Gasteiger partial charge < -0.3 is 14.8 Å². The Morgan fingerprint density at radius 1 is 1.62 bits per heavy atom. The van der Waals surface area contributed by atoms with Crippen LogP contribution in [-0.2, 0) is 4.79 Å². The zero-order valence-corrected chi connectivity index (χ0v) is 9.54. The summed E-state index contributed by atoms with van der Waals surface area (Å²) in [7, 11) is 0. The zero-order valence-electron chi connectivity index (χ0n) is 8.73. The summed E-state index contributed by atoms with van der Waals surface area (Å²) in [5.41, 5.74) is 0.267. The quantitative estimate of drug-likeness (QED) is 0.709. The monoisotopic (exact) mass is 244 g/mol. The van der Waals surface area contributed by atoms with Crippen molar-refractivity contribution in [1.82, 2.24) is 10.3 Å². The van der Waals surface area contributed by atoms with Gasteiger partial charge in [0.25, 0.3) is 5.91 Å². The number of carboxylic acid groups (broad SMARTS) is 1. The molecule has 0 spiro atoms. The van der Waals surface area contributed by atoms with Crippen molar-refractivity contribution in [2.24, 2.45) is 0 Å². The van der Waals surface area contributed by atoms with Gasteiger partial charge in [-0.25, -0.2) is 4.98 Å². The Bertz CT molecular complexity index is 377. The molecule has 0 aliphatic rings. The standard InChI is InChI=1S/C9H12N2O4S/c1-6-8(11-5-15-6)9(14)10-2-3-16-4-7(12)13/h5H,2-4H2,1H3,(H,10,14)(H,12,13). The average Bonchev–Trinajstić information content (AvgIpc) is 2.63. The Labute approximate surface area is 96.4 Å². The summed E-state index contributed by atoms with van der Waals surface area (Å²) in [4.78, 5) is 25.4. The largest absolute Gasteiger partial charge is 0.481 e. The van der Waals surface area contributed by atoms with Gasteiger partial charge in [0, 0.05) is 12.3 Å². The van der Waals surface area contributed by atoms with Gasteiger partial charge in [-0.05, 0) is 6.92 Å². The van der Waals surface area contributed by atoms with Gasteiger partial charge in [-0.15, -0.1) is 11.8 Å². The van der Waals surface area contributed by atoms with Gasteiger partial charge in [0.1, 0.15) is 5.76 Å². The van der Waals surface area contributed by atoms with E-state index in [0.717, 1.165) is 0 Å². The van der Waals surface area contributed by atoms with Crippen molar-refractivity contribution in [3.8, 4) is 0 Å². The maximum atomic E-state index is 11.5. The molecule has 1 heterocycles. The summed E-state index contributed by atoms with van der Waals surface area (Å²) in [6.45, 7) is 2.06. The first-order chi connectivity index (χ1) is 7.61. The average molecular weight is 244 g/mol. The molecule has 0 saturated carbocycles. The second-order valence-electron chi connectivity index (χ2n) is 2.96. The van der Waals surface area contributed by atoms with Crippen molar-refractivity contribution >= 4 is 23.6 Å². The van der Waals surface area contributed by atoms with Crippen molar-refractivity contribution in [1.29, 1.82) is 0 Å². The maximum absolute atomic E-state index is 11.5. The molecule has 16 heavy (non-hydrogen) atoms. The van der Waals surface area contributed by atoms with E-state index in [0.29, 0.717) is 18.1 Å². The van der Waals surface area contributed by atoms with Crippen LogP contribution in [0, 0.1) is 6.92 Å². The Morgan fingerprint density at radius 3 is 2.94 bits per heavy atom. The summed E-state index contributed by atoms with van der Waals surface area (Å²) in [6.07, 6.45) is 1.21. The van der Waals surface area contributed by atoms with Crippen molar-refractivity contribution in [3.63, 3.8) is 0 Å². The first-order valence-electron chi connectivity index (χ1n) is 4.59. The molecule has 0 aliphatic heterocycles. The lowest BCUT2D eigenvalue weighted by Gasteiger charge is -2.02. The van der Waals surface area contributed by atoms with Gasteiger partial charge in [-0.2, -0.15) is 0 Å². The summed E-state index contributed by atoms with van der Waals surface area (Å²) >= 11 is 1.25. The molecule has 0 fully saturated rings. The van der Waals surface area contributed by atoms with E-state index in [4.69, 9.17) is 9.52 Å². The molecule has 88 valence electrons. The van der Waals surface area contributed by atoms with Crippen LogP contribution in [-0.4, -0.2) is 40.0 Å². The molecule has 0 atom stereocenters. The van der Waals surface area contributed by atoms with Crippen LogP contribution in [0.4, 0.5) is 0 Å². The lowest BCUT2D eigenvalue weighted by Crippen LogP contribution is -2.26. The Balaban J connectivity index is 2.21. The molecular weight excluding hydrogens is 232 g/mol. The Morgan fingerprint density at radius 2 is 2.38 bits per heavy atom. The van der Waals surface area contributed by atoms with E-state index < -0.39 is 5.97 Å². The second-order valence-corrected chi connectivity index (χ2v) is 4.06. The predicted molar refractivity (Wildman–Crippen MR) is 58.5 cm³/mol. The highest BCUT2D eigenvalue weighted by Crippen LogP contribution is 2.04. The number of thioether (sulfide) groups is 1. The third-order valence-corrected chi connectivity index (χ3v) is 2.66. The molecule has 0 saturated heterocycles. The lowest BCUT2D eigenvalue weighted by molar-refractivity contribution is -0.133. The minimum atomic E-state index is -0.858. The highest BCUT2D eigenvalue weighted by molar-refractivity contribution is 7.99. The van der Waals surface area contributed by atoms with E-state index in [2.05, 4.69) is 10.3 Å². The fourth-order valence-electron chi connectivity index (χ4n) is 1.00. The van der Waals surface area contributed by atoms with Crippen LogP contribution in [0.2, 0.25) is 0 Å². The van der Waals surface area contributed by atoms with Gasteiger partial charge in [-0.1, -0.05) is 0 Å². The number of aromatic nitrogens is 1. The van der Waals surface area contributed by atoms with E-state index in [1.54, 1.807) is 6.92 Å². The van der Waals surface area contributed by atoms with E-state index in [9.17, 15) is 9.59 Å². The summed E-state index contributed by atoms with van der Waals surface area (Å²) in [5, 5.41) is 11.0. The molecule has 0 aromatic carbocycles. The topological polar surface area (TPSA) is 92.4 Å². The van der Waals surface area contributed by atoms with E-state index in [-0.39, 0.29) is 17.4 Å². The van der Waals surface area contributed by atoms with Crippen molar-refractivity contribution < 1.29 is 19.1 Å². The normalized spacial score (nSPS) is 10.1. The van der Waals surface area contributed by atoms with Crippen LogP contribution in [0.1, 0.15) is 16.2 Å². The number of carboxylic acids is 1. The van der Waals surface area contributed by atoms with E-state index in [1.165, 1.54) is 18.2 Å². The molecule has 0 radical (unpaired) electrons. The van der Waals surface area contributed by atoms with Gasteiger partial charge in [0.15, 0.2) is 12.1 Å². The molecule has 0 bridgehead atoms. The summed E-state index contributed by atoms with van der Waals surface area (Å²) < 4.78 is 4.89. The number of aliphatic carboxylic acids is 1. The van der Waals surface area contributed by atoms with E-state index in [1.807, 2.05) is 0 Å². The summed E-state index contributed by atoms with van der Waals surface area (Å²) in [6, 6.07) is 0. The number of rotatable bonds is 6. The van der Waals surface area contributed by atoms with Crippen LogP contribution in [0.5, 0.6) is 0 Å². The molecular formula is C9H12N2O4S. The fraction of sp³-hybridized carbons (Fsp3) is 0.444. The Hall–Kier alpha value is -1.50. The third-order valence-electron chi connectivity index (χ3n) is 1.72. The van der Waals surface area contributed by atoms with Crippen molar-refractivity contribution in [2.75, 3.05) is 18.1 Å². The zero-order chi connectivity index (χ0) is 12.0. The number of carbonyl (C=O) groups is 2. The highest BCUT2D eigenvalue weighted by Gasteiger charge is 2.12. The number of carbonyl (C=O) groups excluding carboxylic acids is 1.